The highest BCUT2D eigenvalue weighted by Crippen LogP contribution is 2.36. The largest absolute Gasteiger partial charge is 0.378 e. The molecule has 0 unspecified atom stereocenters. The smallest absolute Gasteiger partial charge is 0.291 e. The first-order valence-electron chi connectivity index (χ1n) is 13.4. The van der Waals surface area contributed by atoms with Crippen molar-refractivity contribution in [3.63, 3.8) is 0 Å². The van der Waals surface area contributed by atoms with Crippen molar-refractivity contribution in [2.24, 2.45) is 5.73 Å². The summed E-state index contributed by atoms with van der Waals surface area (Å²) in [6.07, 6.45) is 10.3. The Morgan fingerprint density at radius 1 is 1.19 bits per heavy atom. The van der Waals surface area contributed by atoms with E-state index in [1.165, 1.54) is 23.8 Å². The second kappa shape index (κ2) is 14.1. The Morgan fingerprint density at radius 2 is 2.00 bits per heavy atom. The fourth-order valence-corrected chi connectivity index (χ4v) is 5.04. The van der Waals surface area contributed by atoms with E-state index in [1.54, 1.807) is 0 Å². The molecule has 9 heteroatoms. The molecule has 4 N–H and O–H groups in total. The number of allylic oxidation sites excluding steroid dienone is 2. The standard InChI is InChI=1S/C28H38N6O3/c29-10-14-36-16-17-37-15-13-34-11-8-21(9-12-34)23-6-7-26(25(18-23)22-4-2-1-3-5-22)33-28(35)27-31-20-24(19-30)32-27/h4,6-7,18,20-21H,1-3,5,8-17,29H2,(H,31,32)(H,33,35). The summed E-state index contributed by atoms with van der Waals surface area (Å²) in [4.78, 5) is 22.1. The molecular weight excluding hydrogens is 468 g/mol. The SMILES string of the molecule is N#Cc1cnc(C(=O)Nc2ccc(C3CCN(CCOCCOCCN)CC3)cc2C2=CCCCC2)[nH]1. The van der Waals surface area contributed by atoms with Gasteiger partial charge < -0.3 is 30.4 Å². The van der Waals surface area contributed by atoms with E-state index in [-0.39, 0.29) is 17.4 Å². The highest BCUT2D eigenvalue weighted by atomic mass is 16.5. The lowest BCUT2D eigenvalue weighted by Crippen LogP contribution is -2.35. The number of ether oxygens (including phenoxy) is 2. The summed E-state index contributed by atoms with van der Waals surface area (Å²) in [5.74, 6) is 0.301. The lowest BCUT2D eigenvalue weighted by atomic mass is 9.85. The Morgan fingerprint density at radius 3 is 2.70 bits per heavy atom. The zero-order chi connectivity index (χ0) is 25.9. The van der Waals surface area contributed by atoms with Crippen molar-refractivity contribution in [2.45, 2.75) is 44.4 Å². The fraction of sp³-hybridized carbons (Fsp3) is 0.536. The van der Waals surface area contributed by atoms with E-state index in [1.807, 2.05) is 12.1 Å². The van der Waals surface area contributed by atoms with Crippen molar-refractivity contribution in [2.75, 3.05) is 57.9 Å². The number of hydrogen-bond donors (Lipinski definition) is 3. The molecule has 2 aliphatic rings. The van der Waals surface area contributed by atoms with Crippen LogP contribution in [0.3, 0.4) is 0 Å². The third-order valence-corrected chi connectivity index (χ3v) is 7.09. The molecule has 1 aromatic carbocycles. The molecule has 1 aliphatic carbocycles. The van der Waals surface area contributed by atoms with Crippen LogP contribution in [0.4, 0.5) is 5.69 Å². The Labute approximate surface area is 219 Å². The quantitative estimate of drug-likeness (QED) is 0.375. The molecule has 1 aromatic heterocycles. The highest BCUT2D eigenvalue weighted by Gasteiger charge is 2.23. The predicted octanol–water partition coefficient (Wildman–Crippen LogP) is 3.66. The Hall–Kier alpha value is -3.03. The number of aromatic amines is 1. The topological polar surface area (TPSA) is 129 Å². The molecule has 4 rings (SSSR count). The number of nitrogens with two attached hydrogens (primary N) is 1. The third kappa shape index (κ3) is 7.73. The summed E-state index contributed by atoms with van der Waals surface area (Å²) in [5.41, 5.74) is 10.2. The predicted molar refractivity (Wildman–Crippen MR) is 143 cm³/mol. The maximum atomic E-state index is 12.8. The molecule has 1 fully saturated rings. The highest BCUT2D eigenvalue weighted by molar-refractivity contribution is 6.03. The van der Waals surface area contributed by atoms with Crippen LogP contribution in [0.25, 0.3) is 5.57 Å². The molecule has 0 saturated carbocycles. The number of hydrogen-bond acceptors (Lipinski definition) is 7. The molecule has 2 heterocycles. The van der Waals surface area contributed by atoms with Crippen molar-refractivity contribution in [1.82, 2.24) is 14.9 Å². The van der Waals surface area contributed by atoms with Gasteiger partial charge in [-0.25, -0.2) is 4.98 Å². The van der Waals surface area contributed by atoms with Crippen LogP contribution in [0, 0.1) is 11.3 Å². The lowest BCUT2D eigenvalue weighted by Gasteiger charge is -2.32. The molecule has 0 radical (unpaired) electrons. The summed E-state index contributed by atoms with van der Waals surface area (Å²) < 4.78 is 11.0. The Bertz CT molecular complexity index is 1100. The minimum atomic E-state index is -0.339. The van der Waals surface area contributed by atoms with Crippen LogP contribution in [-0.4, -0.2) is 73.4 Å². The maximum absolute atomic E-state index is 12.8. The lowest BCUT2D eigenvalue weighted by molar-refractivity contribution is 0.0383. The summed E-state index contributed by atoms with van der Waals surface area (Å²) >= 11 is 0. The number of likely N-dealkylation sites (tertiary alicyclic amines) is 1. The number of carbonyl (C=O) groups excluding carboxylic acids is 1. The van der Waals surface area contributed by atoms with Gasteiger partial charge in [0.2, 0.25) is 0 Å². The van der Waals surface area contributed by atoms with E-state index in [0.717, 1.165) is 69.6 Å². The number of H-pyrrole nitrogens is 1. The van der Waals surface area contributed by atoms with E-state index in [9.17, 15) is 4.79 Å². The van der Waals surface area contributed by atoms with Gasteiger partial charge in [-0.15, -0.1) is 0 Å². The van der Waals surface area contributed by atoms with Gasteiger partial charge in [-0.05, 0) is 80.8 Å². The van der Waals surface area contributed by atoms with Crippen LogP contribution in [-0.2, 0) is 9.47 Å². The van der Waals surface area contributed by atoms with Crippen molar-refractivity contribution < 1.29 is 14.3 Å². The number of nitrogens with one attached hydrogen (secondary N) is 2. The number of rotatable bonds is 12. The Balaban J connectivity index is 1.36. The molecule has 0 atom stereocenters. The van der Waals surface area contributed by atoms with Gasteiger partial charge in [-0.1, -0.05) is 12.1 Å². The number of aromatic nitrogens is 2. The summed E-state index contributed by atoms with van der Waals surface area (Å²) in [7, 11) is 0. The van der Waals surface area contributed by atoms with Gasteiger partial charge in [0, 0.05) is 24.3 Å². The molecular formula is C28H38N6O3. The van der Waals surface area contributed by atoms with Crippen LogP contribution in [0.15, 0.2) is 30.5 Å². The minimum Gasteiger partial charge on any atom is -0.378 e. The number of benzene rings is 1. The van der Waals surface area contributed by atoms with Gasteiger partial charge in [0.05, 0.1) is 32.6 Å². The molecule has 0 spiro atoms. The maximum Gasteiger partial charge on any atom is 0.291 e. The number of imidazole rings is 1. The molecule has 1 amide bonds. The zero-order valence-corrected chi connectivity index (χ0v) is 21.5. The number of nitrogens with zero attached hydrogens (tertiary/aromatic N) is 3. The van der Waals surface area contributed by atoms with Gasteiger partial charge >= 0.3 is 0 Å². The van der Waals surface area contributed by atoms with Crippen molar-refractivity contribution in [3.05, 3.63) is 53.1 Å². The second-order valence-electron chi connectivity index (χ2n) is 9.62. The number of nitriles is 1. The molecule has 9 nitrogen and oxygen atoms in total. The normalized spacial score (nSPS) is 16.8. The first kappa shape index (κ1) is 27.0. The van der Waals surface area contributed by atoms with Gasteiger partial charge in [-0.2, -0.15) is 5.26 Å². The van der Waals surface area contributed by atoms with E-state index in [2.05, 4.69) is 38.4 Å². The fourth-order valence-electron chi connectivity index (χ4n) is 5.04. The van der Waals surface area contributed by atoms with Crippen LogP contribution in [0.2, 0.25) is 0 Å². The van der Waals surface area contributed by atoms with Crippen molar-refractivity contribution >= 4 is 17.2 Å². The van der Waals surface area contributed by atoms with Crippen LogP contribution < -0.4 is 11.1 Å². The third-order valence-electron chi connectivity index (χ3n) is 7.09. The first-order valence-corrected chi connectivity index (χ1v) is 13.4. The van der Waals surface area contributed by atoms with E-state index >= 15 is 0 Å². The number of carbonyl (C=O) groups is 1. The molecule has 198 valence electrons. The molecule has 1 aliphatic heterocycles. The van der Waals surface area contributed by atoms with Gasteiger partial charge in [-0.3, -0.25) is 4.79 Å². The van der Waals surface area contributed by atoms with Crippen molar-refractivity contribution in [1.29, 1.82) is 5.26 Å². The van der Waals surface area contributed by atoms with Crippen LogP contribution in [0.5, 0.6) is 0 Å². The van der Waals surface area contributed by atoms with Gasteiger partial charge in [0.25, 0.3) is 5.91 Å². The van der Waals surface area contributed by atoms with Crippen LogP contribution in [0.1, 0.15) is 71.9 Å². The first-order chi connectivity index (χ1) is 18.2. The monoisotopic (exact) mass is 506 g/mol. The van der Waals surface area contributed by atoms with E-state index in [0.29, 0.717) is 32.3 Å². The molecule has 37 heavy (non-hydrogen) atoms. The van der Waals surface area contributed by atoms with E-state index in [4.69, 9.17) is 20.5 Å². The zero-order valence-electron chi connectivity index (χ0n) is 21.5. The number of anilines is 1. The van der Waals surface area contributed by atoms with Crippen LogP contribution >= 0.6 is 0 Å². The van der Waals surface area contributed by atoms with Gasteiger partial charge in [0.1, 0.15) is 11.8 Å². The molecule has 2 aromatic rings. The molecule has 0 bridgehead atoms. The summed E-state index contributed by atoms with van der Waals surface area (Å²) in [6, 6.07) is 8.43. The molecule has 1 saturated heterocycles. The number of piperidine rings is 1. The van der Waals surface area contributed by atoms with E-state index < -0.39 is 0 Å². The van der Waals surface area contributed by atoms with Crippen molar-refractivity contribution in [3.8, 4) is 6.07 Å². The Kier molecular flexibility index (Phi) is 10.3. The average molecular weight is 507 g/mol. The summed E-state index contributed by atoms with van der Waals surface area (Å²) in [6.45, 7) is 6.08. The average Bonchev–Trinajstić information content (AvgIpc) is 3.43. The summed E-state index contributed by atoms with van der Waals surface area (Å²) in [5, 5.41) is 12.0. The second-order valence-corrected chi connectivity index (χ2v) is 9.62. The van der Waals surface area contributed by atoms with Gasteiger partial charge in [0.15, 0.2) is 5.82 Å². The number of amides is 1. The minimum absolute atomic E-state index is 0.142.